The van der Waals surface area contributed by atoms with E-state index in [1.165, 1.54) is 25.3 Å². The van der Waals surface area contributed by atoms with Crippen LogP contribution in [0.1, 0.15) is 45.1 Å². The minimum atomic E-state index is -0.385. The van der Waals surface area contributed by atoms with E-state index in [-0.39, 0.29) is 24.1 Å². The molecule has 2 heterocycles. The molecule has 0 spiro atoms. The van der Waals surface area contributed by atoms with Crippen molar-refractivity contribution in [2.24, 2.45) is 0 Å². The Balaban J connectivity index is 0.00000108. The largest absolute Gasteiger partial charge is 0.361 e. The number of hydrogen-bond donors (Lipinski definition) is 3. The van der Waals surface area contributed by atoms with Gasteiger partial charge in [-0.15, -0.1) is 0 Å². The van der Waals surface area contributed by atoms with Crippen molar-refractivity contribution in [3.8, 4) is 0 Å². The lowest BCUT2D eigenvalue weighted by Crippen LogP contribution is -2.23. The number of amides is 1. The summed E-state index contributed by atoms with van der Waals surface area (Å²) in [4.78, 5) is 28.6. The molecular formula is C27H28F2N4O2. The fraction of sp³-hybridized carbons (Fsp3) is 0.222. The van der Waals surface area contributed by atoms with E-state index in [0.29, 0.717) is 35.2 Å². The number of H-pyrrole nitrogens is 1. The van der Waals surface area contributed by atoms with E-state index in [4.69, 9.17) is 4.79 Å². The number of hydrogen-bond acceptors (Lipinski definition) is 4. The van der Waals surface area contributed by atoms with Gasteiger partial charge < -0.3 is 20.4 Å². The van der Waals surface area contributed by atoms with E-state index in [0.717, 1.165) is 28.3 Å². The molecule has 0 bridgehead atoms. The molecular weight excluding hydrogens is 450 g/mol. The van der Waals surface area contributed by atoms with Crippen LogP contribution in [-0.2, 0) is 24.3 Å². The number of aromatic nitrogens is 2. The van der Waals surface area contributed by atoms with E-state index < -0.39 is 0 Å². The van der Waals surface area contributed by atoms with Crippen molar-refractivity contribution in [2.45, 2.75) is 33.4 Å². The molecule has 0 aliphatic heterocycles. The predicted molar refractivity (Wildman–Crippen MR) is 132 cm³/mol. The van der Waals surface area contributed by atoms with Gasteiger partial charge in [0.05, 0.1) is 5.56 Å². The minimum absolute atomic E-state index is 0.0526. The van der Waals surface area contributed by atoms with Gasteiger partial charge in [0, 0.05) is 54.6 Å². The third kappa shape index (κ3) is 6.58. The molecule has 182 valence electrons. The Bertz CT molecular complexity index is 1330. The van der Waals surface area contributed by atoms with Gasteiger partial charge in [-0.2, -0.15) is 0 Å². The summed E-state index contributed by atoms with van der Waals surface area (Å²) in [5, 5.41) is 6.66. The van der Waals surface area contributed by atoms with Crippen molar-refractivity contribution < 1.29 is 18.4 Å². The van der Waals surface area contributed by atoms with E-state index in [2.05, 4.69) is 20.6 Å². The summed E-state index contributed by atoms with van der Waals surface area (Å²) in [5.41, 5.74) is 4.58. The van der Waals surface area contributed by atoms with Crippen molar-refractivity contribution in [1.82, 2.24) is 20.6 Å². The fourth-order valence-electron chi connectivity index (χ4n) is 3.72. The van der Waals surface area contributed by atoms with Gasteiger partial charge in [0.2, 0.25) is 0 Å². The molecule has 0 saturated carbocycles. The first-order valence-corrected chi connectivity index (χ1v) is 11.2. The van der Waals surface area contributed by atoms with Crippen molar-refractivity contribution in [3.05, 3.63) is 100 Å². The van der Waals surface area contributed by atoms with Gasteiger partial charge in [-0.3, -0.25) is 9.78 Å². The molecule has 0 atom stereocenters. The topological polar surface area (TPSA) is 86.9 Å². The number of fused-ring (bicyclic) bond motifs is 1. The average Bonchev–Trinajstić information content (AvgIpc) is 3.19. The molecule has 4 rings (SSSR count). The Labute approximate surface area is 202 Å². The first kappa shape index (κ1) is 25.7. The number of nitrogens with one attached hydrogen (secondary N) is 3. The van der Waals surface area contributed by atoms with E-state index in [1.54, 1.807) is 24.4 Å². The van der Waals surface area contributed by atoms with Crippen LogP contribution in [0.4, 0.5) is 8.78 Å². The van der Waals surface area contributed by atoms with Crippen LogP contribution in [0.15, 0.2) is 55.0 Å². The highest BCUT2D eigenvalue weighted by atomic mass is 19.1. The van der Waals surface area contributed by atoms with Gasteiger partial charge in [-0.05, 0) is 67.4 Å². The normalized spacial score (nSPS) is 10.5. The Morgan fingerprint density at radius 1 is 1.03 bits per heavy atom. The molecule has 0 saturated heterocycles. The molecule has 6 nitrogen and oxygen atoms in total. The second kappa shape index (κ2) is 12.0. The van der Waals surface area contributed by atoms with Crippen molar-refractivity contribution in [2.75, 3.05) is 7.05 Å². The molecule has 2 aromatic carbocycles. The smallest absolute Gasteiger partial charge is 0.253 e. The lowest BCUT2D eigenvalue weighted by Gasteiger charge is -2.09. The third-order valence-electron chi connectivity index (χ3n) is 5.44. The van der Waals surface area contributed by atoms with Crippen LogP contribution in [0, 0.1) is 18.6 Å². The number of aryl methyl sites for hydroxylation is 1. The number of nitrogens with zero attached hydrogens (tertiary/aromatic N) is 1. The Morgan fingerprint density at radius 2 is 1.77 bits per heavy atom. The summed E-state index contributed by atoms with van der Waals surface area (Å²) in [6, 6.07) is 9.98. The number of benzene rings is 2. The summed E-state index contributed by atoms with van der Waals surface area (Å²) < 4.78 is 28.8. The van der Waals surface area contributed by atoms with Crippen LogP contribution < -0.4 is 10.6 Å². The second-order valence-corrected chi connectivity index (χ2v) is 8.09. The Morgan fingerprint density at radius 3 is 2.49 bits per heavy atom. The first-order valence-electron chi connectivity index (χ1n) is 11.2. The SMILES string of the molecule is CC=O.CNCc1ccc(Cc2cncc(C(=O)NCc3cc4c(C)c[nH]c4cc3F)c2)c(F)c1. The quantitative estimate of drug-likeness (QED) is 0.339. The summed E-state index contributed by atoms with van der Waals surface area (Å²) in [6.07, 6.45) is 5.94. The minimum Gasteiger partial charge on any atom is -0.361 e. The third-order valence-corrected chi connectivity index (χ3v) is 5.44. The molecule has 0 fully saturated rings. The van der Waals surface area contributed by atoms with Gasteiger partial charge in [0.1, 0.15) is 17.9 Å². The first-order chi connectivity index (χ1) is 16.9. The standard InChI is InChI=1S/C25H24F2N4O.C2H4O/c1-15-10-30-24-9-23(27)19(8-21(15)24)14-31-25(32)20-6-17(12-29-13-20)5-18-4-3-16(11-28-2)7-22(18)26;1-2-3/h3-4,6-10,12-13,28,30H,5,11,14H2,1-2H3,(H,31,32);2H,1H3. The second-order valence-electron chi connectivity index (χ2n) is 8.09. The predicted octanol–water partition coefficient (Wildman–Crippen LogP) is 4.59. The maximum Gasteiger partial charge on any atom is 0.253 e. The Hall–Kier alpha value is -3.91. The molecule has 3 N–H and O–H groups in total. The van der Waals surface area contributed by atoms with Gasteiger partial charge in [-0.25, -0.2) is 8.78 Å². The van der Waals surface area contributed by atoms with Crippen molar-refractivity contribution >= 4 is 23.1 Å². The lowest BCUT2D eigenvalue weighted by atomic mass is 10.0. The average molecular weight is 479 g/mol. The summed E-state index contributed by atoms with van der Waals surface area (Å²) >= 11 is 0. The molecule has 2 aromatic heterocycles. The van der Waals surface area contributed by atoms with Crippen molar-refractivity contribution in [1.29, 1.82) is 0 Å². The number of pyridine rings is 1. The van der Waals surface area contributed by atoms with E-state index in [9.17, 15) is 13.6 Å². The lowest BCUT2D eigenvalue weighted by molar-refractivity contribution is -0.106. The molecule has 0 aliphatic carbocycles. The highest BCUT2D eigenvalue weighted by Crippen LogP contribution is 2.22. The van der Waals surface area contributed by atoms with Crippen LogP contribution in [0.25, 0.3) is 10.9 Å². The number of aldehydes is 1. The monoisotopic (exact) mass is 478 g/mol. The number of aromatic amines is 1. The number of carbonyl (C=O) groups excluding carboxylic acids is 2. The molecule has 4 aromatic rings. The van der Waals surface area contributed by atoms with Crippen LogP contribution in [-0.4, -0.2) is 29.2 Å². The molecule has 1 amide bonds. The molecule has 0 radical (unpaired) electrons. The summed E-state index contributed by atoms with van der Waals surface area (Å²) in [5.74, 6) is -1.04. The maximum absolute atomic E-state index is 14.4. The fourth-order valence-corrected chi connectivity index (χ4v) is 3.72. The number of rotatable bonds is 7. The molecule has 8 heteroatoms. The van der Waals surface area contributed by atoms with Crippen LogP contribution in [0.3, 0.4) is 0 Å². The zero-order chi connectivity index (χ0) is 25.4. The van der Waals surface area contributed by atoms with Gasteiger partial charge in [0.25, 0.3) is 5.91 Å². The highest BCUT2D eigenvalue weighted by Gasteiger charge is 2.12. The van der Waals surface area contributed by atoms with Gasteiger partial charge in [-0.1, -0.05) is 12.1 Å². The van der Waals surface area contributed by atoms with Crippen LogP contribution >= 0.6 is 0 Å². The van der Waals surface area contributed by atoms with Crippen LogP contribution in [0.2, 0.25) is 0 Å². The van der Waals surface area contributed by atoms with Gasteiger partial charge in [0.15, 0.2) is 0 Å². The highest BCUT2D eigenvalue weighted by molar-refractivity contribution is 5.94. The zero-order valence-electron chi connectivity index (χ0n) is 19.9. The molecule has 0 aliphatic rings. The van der Waals surface area contributed by atoms with E-state index >= 15 is 0 Å². The summed E-state index contributed by atoms with van der Waals surface area (Å²) in [6.45, 7) is 4.02. The Kier molecular flexibility index (Phi) is 8.80. The van der Waals surface area contributed by atoms with Gasteiger partial charge >= 0.3 is 0 Å². The molecule has 0 unspecified atom stereocenters. The van der Waals surface area contributed by atoms with Crippen molar-refractivity contribution in [3.63, 3.8) is 0 Å². The van der Waals surface area contributed by atoms with Crippen LogP contribution in [0.5, 0.6) is 0 Å². The maximum atomic E-state index is 14.4. The zero-order valence-corrected chi connectivity index (χ0v) is 19.9. The summed E-state index contributed by atoms with van der Waals surface area (Å²) in [7, 11) is 1.81. The molecule has 35 heavy (non-hydrogen) atoms. The number of carbonyl (C=O) groups is 2. The number of halogens is 2. The van der Waals surface area contributed by atoms with E-state index in [1.807, 2.05) is 26.2 Å².